The molecule has 0 aliphatic carbocycles. The molecule has 5 heteroatoms. The third-order valence-electron chi connectivity index (χ3n) is 4.49. The normalized spacial score (nSPS) is 18.6. The molecule has 1 saturated heterocycles. The Morgan fingerprint density at radius 2 is 2.08 bits per heavy atom. The van der Waals surface area contributed by atoms with Crippen LogP contribution in [0.15, 0.2) is 60.2 Å². The van der Waals surface area contributed by atoms with Gasteiger partial charge in [0.15, 0.2) is 5.13 Å². The fourth-order valence-corrected chi connectivity index (χ4v) is 4.04. The summed E-state index contributed by atoms with van der Waals surface area (Å²) in [4.78, 5) is 6.98. The summed E-state index contributed by atoms with van der Waals surface area (Å²) in [5.41, 5.74) is 2.53. The summed E-state index contributed by atoms with van der Waals surface area (Å²) in [5, 5.41) is 6.75. The number of para-hydroxylation sites is 1. The zero-order valence-electron chi connectivity index (χ0n) is 13.6. The van der Waals surface area contributed by atoms with Crippen molar-refractivity contribution in [2.45, 2.75) is 25.4 Å². The lowest BCUT2D eigenvalue weighted by molar-refractivity contribution is 0.205. The van der Waals surface area contributed by atoms with Crippen molar-refractivity contribution in [3.05, 3.63) is 65.9 Å². The molecular weight excluding hydrogens is 316 g/mol. The van der Waals surface area contributed by atoms with Crippen LogP contribution in [0.3, 0.4) is 0 Å². The zero-order valence-corrected chi connectivity index (χ0v) is 14.5. The molecule has 124 valence electrons. The first kappa shape index (κ1) is 15.4. The third kappa shape index (κ3) is 3.52. The van der Waals surface area contributed by atoms with Crippen molar-refractivity contribution in [1.29, 1.82) is 0 Å². The lowest BCUT2D eigenvalue weighted by Gasteiger charge is -2.33. The fourth-order valence-electron chi connectivity index (χ4n) is 3.38. The predicted molar refractivity (Wildman–Crippen MR) is 99.8 cm³/mol. The highest BCUT2D eigenvalue weighted by molar-refractivity contribution is 7.12. The number of hydrogen-bond acceptors (Lipinski definition) is 4. The maximum absolute atomic E-state index is 4.43. The Kier molecular flexibility index (Phi) is 4.62. The van der Waals surface area contributed by atoms with Crippen LogP contribution in [0, 0.1) is 0 Å². The lowest BCUT2D eigenvalue weighted by atomic mass is 10.0. The van der Waals surface area contributed by atoms with E-state index < -0.39 is 0 Å². The van der Waals surface area contributed by atoms with E-state index in [9.17, 15) is 0 Å². The molecule has 1 aromatic carbocycles. The average molecular weight is 338 g/mol. The molecule has 0 unspecified atom stereocenters. The Bertz CT molecular complexity index is 751. The van der Waals surface area contributed by atoms with E-state index >= 15 is 0 Å². The molecule has 3 aromatic rings. The van der Waals surface area contributed by atoms with Gasteiger partial charge in [-0.1, -0.05) is 18.2 Å². The minimum Gasteiger partial charge on any atom is -0.381 e. The molecule has 0 saturated carbocycles. The number of nitrogens with one attached hydrogen (secondary N) is 1. The van der Waals surface area contributed by atoms with Gasteiger partial charge in [-0.15, -0.1) is 11.3 Å². The highest BCUT2D eigenvalue weighted by Gasteiger charge is 2.21. The summed E-state index contributed by atoms with van der Waals surface area (Å²) in [5.74, 6) is 0. The van der Waals surface area contributed by atoms with Crippen LogP contribution in [0.1, 0.15) is 18.5 Å². The van der Waals surface area contributed by atoms with E-state index in [2.05, 4.69) is 68.4 Å². The Morgan fingerprint density at radius 3 is 2.92 bits per heavy atom. The molecule has 1 aliphatic heterocycles. The fraction of sp³-hybridized carbons (Fsp3) is 0.316. The molecule has 0 bridgehead atoms. The number of hydrogen-bond donors (Lipinski definition) is 1. The van der Waals surface area contributed by atoms with Crippen LogP contribution in [0.25, 0.3) is 5.13 Å². The molecule has 1 aliphatic rings. The third-order valence-corrected chi connectivity index (χ3v) is 5.26. The lowest BCUT2D eigenvalue weighted by Crippen LogP contribution is -2.41. The van der Waals surface area contributed by atoms with Gasteiger partial charge in [0, 0.05) is 48.3 Å². The van der Waals surface area contributed by atoms with Gasteiger partial charge in [0.05, 0.1) is 0 Å². The quantitative estimate of drug-likeness (QED) is 0.763. The van der Waals surface area contributed by atoms with Crippen LogP contribution in [-0.4, -0.2) is 33.6 Å². The molecule has 1 N–H and O–H groups in total. The SMILES string of the molecule is c1ccc(N[C@@H]2CCCN(Cc3cccn3-c3nccs3)C2)cc1. The van der Waals surface area contributed by atoms with Gasteiger partial charge in [0.25, 0.3) is 0 Å². The second kappa shape index (κ2) is 7.20. The Morgan fingerprint density at radius 1 is 1.17 bits per heavy atom. The minimum atomic E-state index is 0.518. The summed E-state index contributed by atoms with van der Waals surface area (Å²) in [6.45, 7) is 3.22. The molecule has 4 nitrogen and oxygen atoms in total. The number of piperidine rings is 1. The van der Waals surface area contributed by atoms with Crippen molar-refractivity contribution >= 4 is 17.0 Å². The first-order chi connectivity index (χ1) is 11.9. The van der Waals surface area contributed by atoms with Crippen LogP contribution < -0.4 is 5.32 Å². The van der Waals surface area contributed by atoms with Crippen molar-refractivity contribution in [2.75, 3.05) is 18.4 Å². The van der Waals surface area contributed by atoms with Gasteiger partial charge in [-0.3, -0.25) is 9.47 Å². The molecule has 0 amide bonds. The van der Waals surface area contributed by atoms with E-state index in [1.54, 1.807) is 11.3 Å². The maximum atomic E-state index is 4.43. The van der Waals surface area contributed by atoms with Crippen molar-refractivity contribution in [1.82, 2.24) is 14.5 Å². The van der Waals surface area contributed by atoms with Crippen molar-refractivity contribution in [3.63, 3.8) is 0 Å². The smallest absolute Gasteiger partial charge is 0.193 e. The Labute approximate surface area is 146 Å². The van der Waals surface area contributed by atoms with Gasteiger partial charge in [0.1, 0.15) is 0 Å². The number of benzene rings is 1. The van der Waals surface area contributed by atoms with E-state index in [1.165, 1.54) is 24.2 Å². The summed E-state index contributed by atoms with van der Waals surface area (Å²) in [6, 6.07) is 15.4. The van der Waals surface area contributed by atoms with Crippen LogP contribution in [-0.2, 0) is 6.54 Å². The van der Waals surface area contributed by atoms with Crippen LogP contribution in [0.5, 0.6) is 0 Å². The molecule has 0 spiro atoms. The van der Waals surface area contributed by atoms with Gasteiger partial charge in [-0.05, 0) is 43.7 Å². The Balaban J connectivity index is 1.41. The number of aromatic nitrogens is 2. The maximum Gasteiger partial charge on any atom is 0.193 e. The van der Waals surface area contributed by atoms with E-state index in [1.807, 2.05) is 11.6 Å². The highest BCUT2D eigenvalue weighted by Crippen LogP contribution is 2.20. The van der Waals surface area contributed by atoms with Gasteiger partial charge < -0.3 is 5.32 Å². The summed E-state index contributed by atoms with van der Waals surface area (Å²) in [6.07, 6.45) is 6.45. The molecule has 24 heavy (non-hydrogen) atoms. The molecule has 4 rings (SSSR count). The molecule has 1 fully saturated rings. The van der Waals surface area contributed by atoms with Gasteiger partial charge >= 0.3 is 0 Å². The summed E-state index contributed by atoms with van der Waals surface area (Å²) >= 11 is 1.68. The number of nitrogens with zero attached hydrogens (tertiary/aromatic N) is 3. The standard InChI is InChI=1S/C19H22N4S/c1-2-6-16(7-3-1)21-17-8-4-11-22(14-17)15-18-9-5-12-23(18)19-20-10-13-24-19/h1-3,5-7,9-10,12-13,17,21H,4,8,11,14-15H2/t17-/m1/s1. The summed E-state index contributed by atoms with van der Waals surface area (Å²) < 4.78 is 2.21. The van der Waals surface area contributed by atoms with E-state index in [0.29, 0.717) is 6.04 Å². The van der Waals surface area contributed by atoms with E-state index in [-0.39, 0.29) is 0 Å². The van der Waals surface area contributed by atoms with Gasteiger partial charge in [-0.25, -0.2) is 4.98 Å². The molecule has 2 aromatic heterocycles. The minimum absolute atomic E-state index is 0.518. The molecule has 1 atom stereocenters. The van der Waals surface area contributed by atoms with E-state index in [0.717, 1.165) is 24.8 Å². The van der Waals surface area contributed by atoms with Crippen LogP contribution in [0.2, 0.25) is 0 Å². The molecular formula is C19H22N4S. The first-order valence-electron chi connectivity index (χ1n) is 8.48. The van der Waals surface area contributed by atoms with Gasteiger partial charge in [-0.2, -0.15) is 0 Å². The second-order valence-corrected chi connectivity index (χ2v) is 7.14. The zero-order chi connectivity index (χ0) is 16.2. The van der Waals surface area contributed by atoms with Crippen molar-refractivity contribution in [2.24, 2.45) is 0 Å². The number of thiazole rings is 1. The highest BCUT2D eigenvalue weighted by atomic mass is 32.1. The monoisotopic (exact) mass is 338 g/mol. The number of likely N-dealkylation sites (tertiary alicyclic amines) is 1. The molecule has 0 radical (unpaired) electrons. The largest absolute Gasteiger partial charge is 0.381 e. The Hall–Kier alpha value is -2.11. The first-order valence-corrected chi connectivity index (χ1v) is 9.36. The average Bonchev–Trinajstić information content (AvgIpc) is 3.27. The van der Waals surface area contributed by atoms with Crippen LogP contribution >= 0.6 is 11.3 Å². The second-order valence-electron chi connectivity index (χ2n) is 6.27. The van der Waals surface area contributed by atoms with E-state index in [4.69, 9.17) is 0 Å². The van der Waals surface area contributed by atoms with Crippen LogP contribution in [0.4, 0.5) is 5.69 Å². The number of rotatable bonds is 5. The summed E-state index contributed by atoms with van der Waals surface area (Å²) in [7, 11) is 0. The van der Waals surface area contributed by atoms with Crippen molar-refractivity contribution < 1.29 is 0 Å². The molecule has 3 heterocycles. The van der Waals surface area contributed by atoms with Gasteiger partial charge in [0.2, 0.25) is 0 Å². The predicted octanol–water partition coefficient (Wildman–Crippen LogP) is 4.01. The van der Waals surface area contributed by atoms with Crippen molar-refractivity contribution in [3.8, 4) is 5.13 Å². The number of anilines is 1. The topological polar surface area (TPSA) is 33.1 Å².